The third-order valence-corrected chi connectivity index (χ3v) is 5.46. The molecule has 1 N–H and O–H groups in total. The Kier molecular flexibility index (Phi) is 6.41. The molecule has 4 rings (SSSR count). The fourth-order valence-corrected chi connectivity index (χ4v) is 3.63. The van der Waals surface area contributed by atoms with Crippen LogP contribution in [0, 0.1) is 20.8 Å². The summed E-state index contributed by atoms with van der Waals surface area (Å²) in [6, 6.07) is 13.6. The molecule has 7 nitrogen and oxygen atoms in total. The van der Waals surface area contributed by atoms with Crippen LogP contribution in [0.4, 0.5) is 5.69 Å². The molecule has 2 aromatic carbocycles. The Morgan fingerprint density at radius 2 is 2.03 bits per heavy atom. The average molecular weight is 495 g/mol. The van der Waals surface area contributed by atoms with Gasteiger partial charge in [-0.05, 0) is 71.6 Å². The van der Waals surface area contributed by atoms with Crippen molar-refractivity contribution in [1.29, 1.82) is 0 Å². The highest BCUT2D eigenvalue weighted by atomic mass is 79.9. The number of aromatic nitrogens is 3. The molecule has 0 aliphatic rings. The number of nitrogens with one attached hydrogen (secondary N) is 1. The molecule has 0 saturated heterocycles. The monoisotopic (exact) mass is 494 g/mol. The summed E-state index contributed by atoms with van der Waals surface area (Å²) >= 11 is 3.40. The second-order valence-electron chi connectivity index (χ2n) is 7.63. The van der Waals surface area contributed by atoms with E-state index in [4.69, 9.17) is 9.26 Å². The summed E-state index contributed by atoms with van der Waals surface area (Å²) in [6.07, 6.45) is 3.63. The third-order valence-electron chi connectivity index (χ3n) is 5.05. The van der Waals surface area contributed by atoms with Crippen molar-refractivity contribution >= 4 is 27.5 Å². The lowest BCUT2D eigenvalue weighted by Crippen LogP contribution is -2.15. The van der Waals surface area contributed by atoms with Crippen LogP contribution in [0.1, 0.15) is 38.5 Å². The Balaban J connectivity index is 1.47. The number of anilines is 1. The molecular weight excluding hydrogens is 472 g/mol. The molecule has 4 aromatic rings. The first-order valence-corrected chi connectivity index (χ1v) is 10.9. The summed E-state index contributed by atoms with van der Waals surface area (Å²) in [6.45, 7) is 6.55. The topological polar surface area (TPSA) is 82.2 Å². The average Bonchev–Trinajstić information content (AvgIpc) is 3.34. The Labute approximate surface area is 194 Å². The number of amides is 1. The Morgan fingerprint density at radius 1 is 1.19 bits per heavy atom. The van der Waals surface area contributed by atoms with E-state index in [1.165, 1.54) is 0 Å². The van der Waals surface area contributed by atoms with E-state index in [9.17, 15) is 4.79 Å². The molecule has 0 radical (unpaired) electrons. The fourth-order valence-electron chi connectivity index (χ4n) is 3.30. The SMILES string of the molecule is Cc1ccc(C)c(OCc2c(C(=O)Nc3cccc(Cn4cc(Br)cn4)c3)noc2C)c1. The highest BCUT2D eigenvalue weighted by molar-refractivity contribution is 9.10. The number of aryl methyl sites for hydroxylation is 3. The second-order valence-corrected chi connectivity index (χ2v) is 8.55. The van der Waals surface area contributed by atoms with Crippen molar-refractivity contribution < 1.29 is 14.1 Å². The molecule has 0 aliphatic carbocycles. The number of carbonyl (C=O) groups excluding carboxylic acids is 1. The zero-order chi connectivity index (χ0) is 22.7. The van der Waals surface area contributed by atoms with Crippen LogP contribution in [-0.4, -0.2) is 20.8 Å². The lowest BCUT2D eigenvalue weighted by Gasteiger charge is -2.11. The van der Waals surface area contributed by atoms with E-state index in [0.29, 0.717) is 23.6 Å². The zero-order valence-electron chi connectivity index (χ0n) is 18.1. The van der Waals surface area contributed by atoms with E-state index in [-0.39, 0.29) is 18.2 Å². The van der Waals surface area contributed by atoms with Crippen LogP contribution < -0.4 is 10.1 Å². The van der Waals surface area contributed by atoms with Gasteiger partial charge in [-0.15, -0.1) is 0 Å². The van der Waals surface area contributed by atoms with E-state index < -0.39 is 0 Å². The van der Waals surface area contributed by atoms with Crippen molar-refractivity contribution in [2.75, 3.05) is 5.32 Å². The summed E-state index contributed by atoms with van der Waals surface area (Å²) in [5, 5.41) is 11.1. The second kappa shape index (κ2) is 9.40. The number of carbonyl (C=O) groups is 1. The minimum absolute atomic E-state index is 0.191. The molecular formula is C24H23BrN4O3. The van der Waals surface area contributed by atoms with Crippen molar-refractivity contribution in [1.82, 2.24) is 14.9 Å². The molecule has 0 saturated carbocycles. The lowest BCUT2D eigenvalue weighted by atomic mass is 10.1. The maximum absolute atomic E-state index is 12.9. The van der Waals surface area contributed by atoms with Crippen molar-refractivity contribution in [3.05, 3.63) is 93.0 Å². The van der Waals surface area contributed by atoms with Crippen LogP contribution in [0.2, 0.25) is 0 Å². The van der Waals surface area contributed by atoms with Crippen molar-refractivity contribution in [3.8, 4) is 5.75 Å². The van der Waals surface area contributed by atoms with Gasteiger partial charge in [0.05, 0.1) is 22.8 Å². The van der Waals surface area contributed by atoms with Crippen LogP contribution in [-0.2, 0) is 13.2 Å². The first kappa shape index (κ1) is 21.8. The zero-order valence-corrected chi connectivity index (χ0v) is 19.6. The summed E-state index contributed by atoms with van der Waals surface area (Å²) in [5.74, 6) is 0.980. The standard InChI is InChI=1S/C24H23BrN4O3/c1-15-7-8-16(2)22(9-15)31-14-21-17(3)32-28-23(21)24(30)27-20-6-4-5-18(10-20)12-29-13-19(25)11-26-29/h4-11,13H,12,14H2,1-3H3,(H,27,30). The number of benzene rings is 2. The lowest BCUT2D eigenvalue weighted by molar-refractivity contribution is 0.101. The van der Waals surface area contributed by atoms with Crippen LogP contribution in [0.25, 0.3) is 0 Å². The number of hydrogen-bond donors (Lipinski definition) is 1. The van der Waals surface area contributed by atoms with E-state index in [1.54, 1.807) is 13.1 Å². The molecule has 0 unspecified atom stereocenters. The predicted molar refractivity (Wildman–Crippen MR) is 125 cm³/mol. The molecule has 0 spiro atoms. The molecule has 1 amide bonds. The Morgan fingerprint density at radius 3 is 2.81 bits per heavy atom. The summed E-state index contributed by atoms with van der Waals surface area (Å²) in [7, 11) is 0. The molecule has 164 valence electrons. The minimum atomic E-state index is -0.347. The number of nitrogens with zero attached hydrogens (tertiary/aromatic N) is 3. The molecule has 2 aromatic heterocycles. The van der Waals surface area contributed by atoms with Gasteiger partial charge < -0.3 is 14.6 Å². The molecule has 8 heteroatoms. The fraction of sp³-hybridized carbons (Fsp3) is 0.208. The highest BCUT2D eigenvalue weighted by Crippen LogP contribution is 2.23. The van der Waals surface area contributed by atoms with Crippen LogP contribution in [0.15, 0.2) is 63.9 Å². The first-order chi connectivity index (χ1) is 15.4. The molecule has 0 fully saturated rings. The van der Waals surface area contributed by atoms with Gasteiger partial charge in [-0.25, -0.2) is 0 Å². The molecule has 0 atom stereocenters. The highest BCUT2D eigenvalue weighted by Gasteiger charge is 2.21. The van der Waals surface area contributed by atoms with Gasteiger partial charge >= 0.3 is 0 Å². The number of rotatable bonds is 7. The third kappa shape index (κ3) is 5.08. The molecule has 0 aliphatic heterocycles. The van der Waals surface area contributed by atoms with E-state index in [2.05, 4.69) is 31.5 Å². The largest absolute Gasteiger partial charge is 0.488 e. The normalized spacial score (nSPS) is 10.9. The van der Waals surface area contributed by atoms with Gasteiger partial charge in [0, 0.05) is 11.9 Å². The van der Waals surface area contributed by atoms with E-state index >= 15 is 0 Å². The molecule has 0 bridgehead atoms. The molecule has 32 heavy (non-hydrogen) atoms. The van der Waals surface area contributed by atoms with Crippen molar-refractivity contribution in [2.24, 2.45) is 0 Å². The van der Waals surface area contributed by atoms with Gasteiger partial charge in [0.25, 0.3) is 5.91 Å². The van der Waals surface area contributed by atoms with Crippen molar-refractivity contribution in [3.63, 3.8) is 0 Å². The van der Waals surface area contributed by atoms with Crippen molar-refractivity contribution in [2.45, 2.75) is 33.9 Å². The van der Waals surface area contributed by atoms with Gasteiger partial charge in [0.1, 0.15) is 18.1 Å². The van der Waals surface area contributed by atoms with Gasteiger partial charge in [0.15, 0.2) is 5.69 Å². The molecule has 2 heterocycles. The van der Waals surface area contributed by atoms with Gasteiger partial charge in [-0.1, -0.05) is 29.4 Å². The van der Waals surface area contributed by atoms with E-state index in [0.717, 1.165) is 26.9 Å². The van der Waals surface area contributed by atoms with Gasteiger partial charge in [-0.3, -0.25) is 9.48 Å². The summed E-state index contributed by atoms with van der Waals surface area (Å²) in [5.41, 5.74) is 4.65. The van der Waals surface area contributed by atoms with Gasteiger partial charge in [-0.2, -0.15) is 5.10 Å². The number of ether oxygens (including phenoxy) is 1. The minimum Gasteiger partial charge on any atom is -0.488 e. The van der Waals surface area contributed by atoms with Crippen LogP contribution >= 0.6 is 15.9 Å². The van der Waals surface area contributed by atoms with Crippen LogP contribution in [0.3, 0.4) is 0 Å². The predicted octanol–water partition coefficient (Wildman–Crippen LogP) is 5.44. The Bertz CT molecular complexity index is 1260. The first-order valence-electron chi connectivity index (χ1n) is 10.1. The maximum atomic E-state index is 12.9. The van der Waals surface area contributed by atoms with Gasteiger partial charge in [0.2, 0.25) is 0 Å². The number of hydrogen-bond acceptors (Lipinski definition) is 5. The Hall–Kier alpha value is -3.39. The summed E-state index contributed by atoms with van der Waals surface area (Å²) < 4.78 is 14.0. The smallest absolute Gasteiger partial charge is 0.278 e. The maximum Gasteiger partial charge on any atom is 0.278 e. The van der Waals surface area contributed by atoms with E-state index in [1.807, 2.05) is 67.2 Å². The number of halogens is 1. The van der Waals surface area contributed by atoms with Crippen LogP contribution in [0.5, 0.6) is 5.75 Å². The quantitative estimate of drug-likeness (QED) is 0.369. The summed E-state index contributed by atoms with van der Waals surface area (Å²) in [4.78, 5) is 12.9.